The Hall–Kier alpha value is -2.25. The molecule has 28 heavy (non-hydrogen) atoms. The highest BCUT2D eigenvalue weighted by molar-refractivity contribution is 6.30. The standard InChI is InChI=1S/C20H21ClF3NO3/c1-3-12(11-18(26)27)13-4-9-16(19(28-2)20(22,23)24)17(10-13)25-15-7-5-14(21)6-8-15/h4-10,12,19,25H,3,11H2,1-2H3,(H,26,27)/t12-,19+/m1/s1. The average molecular weight is 416 g/mol. The molecule has 0 radical (unpaired) electrons. The predicted molar refractivity (Wildman–Crippen MR) is 102 cm³/mol. The molecule has 0 fully saturated rings. The summed E-state index contributed by atoms with van der Waals surface area (Å²) in [6.45, 7) is 1.83. The monoisotopic (exact) mass is 415 g/mol. The van der Waals surface area contributed by atoms with E-state index in [2.05, 4.69) is 5.32 Å². The molecule has 0 aromatic heterocycles. The fourth-order valence-corrected chi connectivity index (χ4v) is 3.13. The van der Waals surface area contributed by atoms with Gasteiger partial charge in [-0.3, -0.25) is 4.79 Å². The lowest BCUT2D eigenvalue weighted by molar-refractivity contribution is -0.215. The fourth-order valence-electron chi connectivity index (χ4n) is 3.00. The van der Waals surface area contributed by atoms with Crippen LogP contribution in [0, 0.1) is 0 Å². The SMILES string of the molecule is CC[C@H](CC(=O)O)c1ccc([C@H](OC)C(F)(F)F)c(Nc2ccc(Cl)cc2)c1. The number of anilines is 2. The van der Waals surface area contributed by atoms with E-state index in [1.807, 2.05) is 6.92 Å². The number of alkyl halides is 3. The van der Waals surface area contributed by atoms with Gasteiger partial charge in [-0.05, 0) is 48.2 Å². The fraction of sp³-hybridized carbons (Fsp3) is 0.350. The Bertz CT molecular complexity index is 809. The molecule has 0 heterocycles. The molecule has 0 aliphatic carbocycles. The molecule has 0 bridgehead atoms. The van der Waals surface area contributed by atoms with E-state index < -0.39 is 18.2 Å². The number of carboxylic acid groups (broad SMARTS) is 1. The van der Waals surface area contributed by atoms with E-state index in [1.165, 1.54) is 12.1 Å². The van der Waals surface area contributed by atoms with Crippen LogP contribution in [0.25, 0.3) is 0 Å². The Kier molecular flexibility index (Phi) is 7.32. The summed E-state index contributed by atoms with van der Waals surface area (Å²) < 4.78 is 45.0. The summed E-state index contributed by atoms with van der Waals surface area (Å²) in [7, 11) is 0.997. The van der Waals surface area contributed by atoms with Gasteiger partial charge in [0.1, 0.15) is 0 Å². The average Bonchev–Trinajstić information content (AvgIpc) is 2.62. The number of aliphatic carboxylic acids is 1. The van der Waals surface area contributed by atoms with E-state index in [-0.39, 0.29) is 23.6 Å². The van der Waals surface area contributed by atoms with Crippen molar-refractivity contribution in [3.05, 3.63) is 58.6 Å². The summed E-state index contributed by atoms with van der Waals surface area (Å²) >= 11 is 5.86. The van der Waals surface area contributed by atoms with Crippen LogP contribution in [-0.2, 0) is 9.53 Å². The lowest BCUT2D eigenvalue weighted by Gasteiger charge is -2.24. The first-order chi connectivity index (χ1) is 13.2. The van der Waals surface area contributed by atoms with Gasteiger partial charge in [0.25, 0.3) is 0 Å². The van der Waals surface area contributed by atoms with Gasteiger partial charge in [0.2, 0.25) is 0 Å². The molecule has 8 heteroatoms. The second kappa shape index (κ2) is 9.30. The molecule has 0 amide bonds. The third-order valence-electron chi connectivity index (χ3n) is 4.40. The molecule has 0 saturated carbocycles. The van der Waals surface area contributed by atoms with E-state index in [9.17, 15) is 18.0 Å². The van der Waals surface area contributed by atoms with Crippen LogP contribution < -0.4 is 5.32 Å². The quantitative estimate of drug-likeness (QED) is 0.531. The van der Waals surface area contributed by atoms with Crippen LogP contribution in [0.3, 0.4) is 0 Å². The van der Waals surface area contributed by atoms with Gasteiger partial charge in [-0.15, -0.1) is 0 Å². The first kappa shape index (κ1) is 22.0. The minimum absolute atomic E-state index is 0.0844. The van der Waals surface area contributed by atoms with Crippen molar-refractivity contribution in [1.29, 1.82) is 0 Å². The van der Waals surface area contributed by atoms with Crippen molar-refractivity contribution in [3.63, 3.8) is 0 Å². The van der Waals surface area contributed by atoms with Gasteiger partial charge in [-0.25, -0.2) is 0 Å². The first-order valence-corrected chi connectivity index (χ1v) is 9.01. The summed E-state index contributed by atoms with van der Waals surface area (Å²) in [6, 6.07) is 10.9. The summed E-state index contributed by atoms with van der Waals surface area (Å²) in [5.41, 5.74) is 1.31. The van der Waals surface area contributed by atoms with Crippen LogP contribution in [0.4, 0.5) is 24.5 Å². The second-order valence-corrected chi connectivity index (χ2v) is 6.78. The smallest absolute Gasteiger partial charge is 0.418 e. The van der Waals surface area contributed by atoms with Crippen molar-refractivity contribution in [2.75, 3.05) is 12.4 Å². The molecular weight excluding hydrogens is 395 g/mol. The molecule has 2 aromatic rings. The molecule has 152 valence electrons. The summed E-state index contributed by atoms with van der Waals surface area (Å²) in [5, 5.41) is 12.6. The summed E-state index contributed by atoms with van der Waals surface area (Å²) in [4.78, 5) is 11.1. The number of nitrogens with one attached hydrogen (secondary N) is 1. The van der Waals surface area contributed by atoms with Crippen LogP contribution in [0.2, 0.25) is 5.02 Å². The third-order valence-corrected chi connectivity index (χ3v) is 4.65. The highest BCUT2D eigenvalue weighted by atomic mass is 35.5. The van der Waals surface area contributed by atoms with Gasteiger partial charge in [0.05, 0.1) is 6.42 Å². The van der Waals surface area contributed by atoms with Gasteiger partial charge >= 0.3 is 12.1 Å². The zero-order valence-electron chi connectivity index (χ0n) is 15.4. The lowest BCUT2D eigenvalue weighted by atomic mass is 9.91. The Labute approximate surface area is 166 Å². The Balaban J connectivity index is 2.51. The molecule has 4 nitrogen and oxygen atoms in total. The highest BCUT2D eigenvalue weighted by Crippen LogP contribution is 2.41. The Morgan fingerprint density at radius 3 is 2.36 bits per heavy atom. The molecule has 2 atom stereocenters. The van der Waals surface area contributed by atoms with Crippen LogP contribution in [-0.4, -0.2) is 24.4 Å². The highest BCUT2D eigenvalue weighted by Gasteiger charge is 2.42. The minimum atomic E-state index is -4.60. The zero-order chi connectivity index (χ0) is 20.9. The van der Waals surface area contributed by atoms with Gasteiger partial charge in [-0.2, -0.15) is 13.2 Å². The van der Waals surface area contributed by atoms with Crippen molar-refractivity contribution in [1.82, 2.24) is 0 Å². The van der Waals surface area contributed by atoms with Gasteiger partial charge in [0.15, 0.2) is 6.10 Å². The number of hydrogen-bond donors (Lipinski definition) is 2. The summed E-state index contributed by atoms with van der Waals surface area (Å²) in [6.07, 6.45) is -6.28. The molecule has 2 aromatic carbocycles. The number of carboxylic acids is 1. The Morgan fingerprint density at radius 2 is 1.86 bits per heavy atom. The number of ether oxygens (including phenoxy) is 1. The Morgan fingerprint density at radius 1 is 1.21 bits per heavy atom. The second-order valence-electron chi connectivity index (χ2n) is 6.34. The van der Waals surface area contributed by atoms with Crippen molar-refractivity contribution < 1.29 is 27.8 Å². The van der Waals surface area contributed by atoms with Crippen molar-refractivity contribution in [3.8, 4) is 0 Å². The minimum Gasteiger partial charge on any atom is -0.481 e. The van der Waals surface area contributed by atoms with E-state index >= 15 is 0 Å². The van der Waals surface area contributed by atoms with Gasteiger partial charge in [-0.1, -0.05) is 30.7 Å². The molecule has 2 N–H and O–H groups in total. The van der Waals surface area contributed by atoms with Crippen LogP contribution in [0.1, 0.15) is 42.9 Å². The van der Waals surface area contributed by atoms with Crippen LogP contribution >= 0.6 is 11.6 Å². The van der Waals surface area contributed by atoms with Gasteiger partial charge < -0.3 is 15.2 Å². The number of benzene rings is 2. The topological polar surface area (TPSA) is 58.6 Å². The van der Waals surface area contributed by atoms with Crippen molar-refractivity contribution >= 4 is 28.9 Å². The zero-order valence-corrected chi connectivity index (χ0v) is 16.1. The molecular formula is C20H21ClF3NO3. The normalized spacial score (nSPS) is 13.8. The molecule has 2 rings (SSSR count). The lowest BCUT2D eigenvalue weighted by Crippen LogP contribution is -2.23. The predicted octanol–water partition coefficient (Wildman–Crippen LogP) is 6.30. The molecule has 0 aliphatic rings. The maximum absolute atomic E-state index is 13.4. The largest absolute Gasteiger partial charge is 0.481 e. The van der Waals surface area contributed by atoms with Crippen LogP contribution in [0.15, 0.2) is 42.5 Å². The number of halogens is 4. The van der Waals surface area contributed by atoms with E-state index in [1.54, 1.807) is 30.3 Å². The molecule has 0 unspecified atom stereocenters. The number of carbonyl (C=O) groups is 1. The van der Waals surface area contributed by atoms with E-state index in [0.717, 1.165) is 7.11 Å². The van der Waals surface area contributed by atoms with E-state index in [4.69, 9.17) is 21.4 Å². The van der Waals surface area contributed by atoms with Crippen molar-refractivity contribution in [2.24, 2.45) is 0 Å². The van der Waals surface area contributed by atoms with E-state index in [0.29, 0.717) is 22.7 Å². The summed E-state index contributed by atoms with van der Waals surface area (Å²) in [5.74, 6) is -1.28. The molecule has 0 spiro atoms. The number of rotatable bonds is 8. The number of methoxy groups -OCH3 is 1. The maximum Gasteiger partial charge on any atom is 0.418 e. The van der Waals surface area contributed by atoms with Gasteiger partial charge in [0, 0.05) is 29.1 Å². The first-order valence-electron chi connectivity index (χ1n) is 8.63. The molecule has 0 aliphatic heterocycles. The number of hydrogen-bond acceptors (Lipinski definition) is 3. The van der Waals surface area contributed by atoms with Crippen molar-refractivity contribution in [2.45, 2.75) is 38.0 Å². The maximum atomic E-state index is 13.4. The third kappa shape index (κ3) is 5.62. The molecule has 0 saturated heterocycles. The van der Waals surface area contributed by atoms with Crippen LogP contribution in [0.5, 0.6) is 0 Å².